The molecule has 1 aliphatic heterocycles. The van der Waals surface area contributed by atoms with Gasteiger partial charge in [-0.3, -0.25) is 14.6 Å². The van der Waals surface area contributed by atoms with Gasteiger partial charge in [0.25, 0.3) is 0 Å². The summed E-state index contributed by atoms with van der Waals surface area (Å²) in [6.45, 7) is 0.276. The van der Waals surface area contributed by atoms with Gasteiger partial charge in [-0.05, 0) is 15.9 Å². The van der Waals surface area contributed by atoms with Crippen molar-refractivity contribution in [1.29, 1.82) is 0 Å². The van der Waals surface area contributed by atoms with Crippen molar-refractivity contribution < 1.29 is 14.3 Å². The van der Waals surface area contributed by atoms with Crippen molar-refractivity contribution in [3.8, 4) is 0 Å². The van der Waals surface area contributed by atoms with Crippen LogP contribution in [-0.4, -0.2) is 30.5 Å². The summed E-state index contributed by atoms with van der Waals surface area (Å²) in [6, 6.07) is 0. The van der Waals surface area contributed by atoms with Gasteiger partial charge >= 0.3 is 5.97 Å². The van der Waals surface area contributed by atoms with E-state index in [0.717, 1.165) is 0 Å². The predicted molar refractivity (Wildman–Crippen MR) is 68.8 cm³/mol. The van der Waals surface area contributed by atoms with Crippen molar-refractivity contribution in [3.05, 3.63) is 16.9 Å². The Balaban J connectivity index is 2.30. The molecule has 0 saturated carbocycles. The molecule has 1 aromatic heterocycles. The van der Waals surface area contributed by atoms with E-state index < -0.39 is 5.92 Å². The largest absolute Gasteiger partial charge is 0.469 e. The molecule has 0 aliphatic carbocycles. The second kappa shape index (κ2) is 4.93. The van der Waals surface area contributed by atoms with Crippen LogP contribution >= 0.6 is 15.9 Å². The molecule has 0 aromatic carbocycles. The van der Waals surface area contributed by atoms with Crippen molar-refractivity contribution >= 4 is 39.2 Å². The van der Waals surface area contributed by atoms with Gasteiger partial charge in [-0.15, -0.1) is 0 Å². The number of nitrogens with two attached hydrogens (primary N) is 1. The lowest BCUT2D eigenvalue weighted by atomic mass is 10.1. The zero-order valence-electron chi connectivity index (χ0n) is 9.72. The van der Waals surface area contributed by atoms with E-state index in [9.17, 15) is 9.59 Å². The third-order valence-electron chi connectivity index (χ3n) is 2.83. The van der Waals surface area contributed by atoms with Crippen LogP contribution in [0.15, 0.2) is 16.9 Å². The molecule has 6 nitrogen and oxygen atoms in total. The third-order valence-corrected chi connectivity index (χ3v) is 3.41. The van der Waals surface area contributed by atoms with E-state index in [1.807, 2.05) is 0 Å². The number of amides is 1. The summed E-state index contributed by atoms with van der Waals surface area (Å²) in [7, 11) is 1.31. The number of anilines is 2. The van der Waals surface area contributed by atoms with Gasteiger partial charge in [0.05, 0.1) is 35.1 Å². The Bertz CT molecular complexity index is 486. The average Bonchev–Trinajstić information content (AvgIpc) is 2.70. The number of ether oxygens (including phenoxy) is 1. The SMILES string of the molecule is COC(=O)C1CC(=O)N(c2c(N)cncc2Br)C1. The smallest absolute Gasteiger partial charge is 0.311 e. The topological polar surface area (TPSA) is 85.5 Å². The second-order valence-corrected chi connectivity index (χ2v) is 4.84. The second-order valence-electron chi connectivity index (χ2n) is 3.99. The van der Waals surface area contributed by atoms with E-state index in [0.29, 0.717) is 15.8 Å². The number of halogens is 1. The molecular formula is C11H12BrN3O3. The minimum absolute atomic E-state index is 0.140. The van der Waals surface area contributed by atoms with Crippen LogP contribution in [0.2, 0.25) is 0 Å². The number of methoxy groups -OCH3 is 1. The lowest BCUT2D eigenvalue weighted by molar-refractivity contribution is -0.145. The fraction of sp³-hybridized carbons (Fsp3) is 0.364. The molecule has 0 bridgehead atoms. The number of pyridine rings is 1. The van der Waals surface area contributed by atoms with E-state index in [1.54, 1.807) is 6.20 Å². The van der Waals surface area contributed by atoms with Crippen molar-refractivity contribution in [3.63, 3.8) is 0 Å². The lowest BCUT2D eigenvalue weighted by Gasteiger charge is -2.19. The molecular weight excluding hydrogens is 302 g/mol. The van der Waals surface area contributed by atoms with Crippen LogP contribution in [0.4, 0.5) is 11.4 Å². The molecule has 0 radical (unpaired) electrons. The molecule has 1 unspecified atom stereocenters. The highest BCUT2D eigenvalue weighted by atomic mass is 79.9. The van der Waals surface area contributed by atoms with Crippen LogP contribution in [0, 0.1) is 5.92 Å². The number of rotatable bonds is 2. The van der Waals surface area contributed by atoms with Gasteiger partial charge < -0.3 is 15.4 Å². The summed E-state index contributed by atoms with van der Waals surface area (Å²) < 4.78 is 5.28. The Labute approximate surface area is 112 Å². The zero-order chi connectivity index (χ0) is 13.3. The quantitative estimate of drug-likeness (QED) is 0.822. The van der Waals surface area contributed by atoms with Gasteiger partial charge in [0, 0.05) is 19.2 Å². The van der Waals surface area contributed by atoms with E-state index in [4.69, 9.17) is 5.73 Å². The molecule has 2 rings (SSSR count). The molecule has 1 saturated heterocycles. The van der Waals surface area contributed by atoms with Crippen LogP contribution in [0.25, 0.3) is 0 Å². The van der Waals surface area contributed by atoms with Crippen LogP contribution in [-0.2, 0) is 14.3 Å². The molecule has 1 aliphatic rings. The van der Waals surface area contributed by atoms with E-state index in [-0.39, 0.29) is 24.8 Å². The van der Waals surface area contributed by atoms with Crippen molar-refractivity contribution in [2.75, 3.05) is 24.3 Å². The lowest BCUT2D eigenvalue weighted by Crippen LogP contribution is -2.27. The monoisotopic (exact) mass is 313 g/mol. The van der Waals surface area contributed by atoms with Crippen molar-refractivity contribution in [2.24, 2.45) is 5.92 Å². The summed E-state index contributed by atoms with van der Waals surface area (Å²) in [5.74, 6) is -0.972. The number of nitrogen functional groups attached to an aromatic ring is 1. The van der Waals surface area contributed by atoms with Gasteiger partial charge in [0.15, 0.2) is 0 Å². The normalized spacial score (nSPS) is 19.1. The number of hydrogen-bond donors (Lipinski definition) is 1. The maximum Gasteiger partial charge on any atom is 0.311 e. The highest BCUT2D eigenvalue weighted by molar-refractivity contribution is 9.10. The van der Waals surface area contributed by atoms with Crippen LogP contribution in [0.5, 0.6) is 0 Å². The number of carbonyl (C=O) groups is 2. The summed E-state index contributed by atoms with van der Waals surface area (Å²) in [6.07, 6.45) is 3.17. The average molecular weight is 314 g/mol. The minimum Gasteiger partial charge on any atom is -0.469 e. The van der Waals surface area contributed by atoms with Gasteiger partial charge in [-0.25, -0.2) is 0 Å². The van der Waals surface area contributed by atoms with Crippen molar-refractivity contribution in [1.82, 2.24) is 4.98 Å². The molecule has 18 heavy (non-hydrogen) atoms. The Kier molecular flexibility index (Phi) is 3.51. The predicted octanol–water partition coefficient (Wildman–Crippen LogP) is 0.952. The molecule has 1 aromatic rings. The van der Waals surface area contributed by atoms with Crippen LogP contribution in [0.3, 0.4) is 0 Å². The third kappa shape index (κ3) is 2.17. The molecule has 7 heteroatoms. The first-order chi connectivity index (χ1) is 8.54. The highest BCUT2D eigenvalue weighted by Crippen LogP contribution is 2.35. The fourth-order valence-corrected chi connectivity index (χ4v) is 2.54. The maximum absolute atomic E-state index is 11.9. The number of nitrogens with zero attached hydrogens (tertiary/aromatic N) is 2. The van der Waals surface area contributed by atoms with Gasteiger partial charge in [0.1, 0.15) is 0 Å². The molecule has 2 N–H and O–H groups in total. The molecule has 96 valence electrons. The first kappa shape index (κ1) is 12.8. The van der Waals surface area contributed by atoms with Crippen molar-refractivity contribution in [2.45, 2.75) is 6.42 Å². The highest BCUT2D eigenvalue weighted by Gasteiger charge is 2.37. The Hall–Kier alpha value is -1.63. The number of hydrogen-bond acceptors (Lipinski definition) is 5. The van der Waals surface area contributed by atoms with Gasteiger partial charge in [-0.1, -0.05) is 0 Å². The molecule has 1 fully saturated rings. The van der Waals surface area contributed by atoms with E-state index >= 15 is 0 Å². The molecule has 0 spiro atoms. The van der Waals surface area contributed by atoms with E-state index in [2.05, 4.69) is 25.7 Å². The minimum atomic E-state index is -0.443. The Morgan fingerprint density at radius 1 is 1.61 bits per heavy atom. The summed E-state index contributed by atoms with van der Waals surface area (Å²) in [5, 5.41) is 0. The number of aromatic nitrogens is 1. The number of esters is 1. The Morgan fingerprint density at radius 2 is 2.33 bits per heavy atom. The number of carbonyl (C=O) groups excluding carboxylic acids is 2. The fourth-order valence-electron chi connectivity index (χ4n) is 1.98. The summed E-state index contributed by atoms with van der Waals surface area (Å²) in [5.41, 5.74) is 6.76. The molecule has 2 heterocycles. The summed E-state index contributed by atoms with van der Waals surface area (Å²) in [4.78, 5) is 28.8. The zero-order valence-corrected chi connectivity index (χ0v) is 11.3. The first-order valence-electron chi connectivity index (χ1n) is 5.31. The standard InChI is InChI=1S/C11H12BrN3O3/c1-18-11(17)6-2-9(16)15(5-6)10-7(12)3-14-4-8(10)13/h3-4,6H,2,5,13H2,1H3. The van der Waals surface area contributed by atoms with Crippen LogP contribution < -0.4 is 10.6 Å². The maximum atomic E-state index is 11.9. The van der Waals surface area contributed by atoms with Crippen LogP contribution in [0.1, 0.15) is 6.42 Å². The van der Waals surface area contributed by atoms with Gasteiger partial charge in [0.2, 0.25) is 5.91 Å². The molecule has 1 atom stereocenters. The Morgan fingerprint density at radius 3 is 2.94 bits per heavy atom. The van der Waals surface area contributed by atoms with Gasteiger partial charge in [-0.2, -0.15) is 0 Å². The van der Waals surface area contributed by atoms with E-state index in [1.165, 1.54) is 18.2 Å². The first-order valence-corrected chi connectivity index (χ1v) is 6.11. The summed E-state index contributed by atoms with van der Waals surface area (Å²) >= 11 is 3.31. The molecule has 1 amide bonds.